The Labute approximate surface area is 124 Å². The quantitative estimate of drug-likeness (QED) is 0.815. The Bertz CT molecular complexity index is 733. The number of allylic oxidation sites excluding steroid dienone is 2. The average molecular weight is 270 g/mol. The van der Waals surface area contributed by atoms with E-state index in [1.54, 1.807) is 0 Å². The van der Waals surface area contributed by atoms with Crippen LogP contribution in [0.25, 0.3) is 11.1 Å². The summed E-state index contributed by atoms with van der Waals surface area (Å²) in [7, 11) is 0. The lowest BCUT2D eigenvalue weighted by Gasteiger charge is -2.11. The van der Waals surface area contributed by atoms with E-state index in [9.17, 15) is 10.5 Å². The molecule has 0 spiro atoms. The topological polar surface area (TPSA) is 47.6 Å². The number of nitrogens with zero attached hydrogens (tertiary/aromatic N) is 2. The Kier molecular flexibility index (Phi) is 3.54. The Morgan fingerprint density at radius 1 is 0.714 bits per heavy atom. The molecule has 0 aromatic heterocycles. The van der Waals surface area contributed by atoms with Crippen LogP contribution in [-0.4, -0.2) is 0 Å². The second-order valence-electron chi connectivity index (χ2n) is 5.12. The minimum Gasteiger partial charge on any atom is -0.198 e. The fourth-order valence-electron chi connectivity index (χ4n) is 3.03. The highest BCUT2D eigenvalue weighted by molar-refractivity contribution is 5.95. The monoisotopic (exact) mass is 270 g/mol. The van der Waals surface area contributed by atoms with Gasteiger partial charge in [-0.1, -0.05) is 48.5 Å². The maximum atomic E-state index is 9.20. The molecule has 21 heavy (non-hydrogen) atoms. The number of nitriles is 2. The van der Waals surface area contributed by atoms with Crippen molar-refractivity contribution in [3.05, 3.63) is 70.8 Å². The number of rotatable bonds is 2. The summed E-state index contributed by atoms with van der Waals surface area (Å²) < 4.78 is 0. The van der Waals surface area contributed by atoms with Crippen LogP contribution in [0.5, 0.6) is 0 Å². The van der Waals surface area contributed by atoms with Crippen molar-refractivity contribution < 1.29 is 0 Å². The SMILES string of the molecule is N#CCC1=C(CC#N)c2ccccc2Cc2ccccc21. The van der Waals surface area contributed by atoms with Crippen LogP contribution in [0.2, 0.25) is 0 Å². The van der Waals surface area contributed by atoms with Gasteiger partial charge in [0.05, 0.1) is 25.0 Å². The molecule has 0 fully saturated rings. The number of hydrogen-bond donors (Lipinski definition) is 0. The van der Waals surface area contributed by atoms with Gasteiger partial charge in [-0.05, 0) is 39.8 Å². The molecule has 0 atom stereocenters. The van der Waals surface area contributed by atoms with Crippen molar-refractivity contribution in [3.63, 3.8) is 0 Å². The molecule has 2 aromatic carbocycles. The molecule has 0 amide bonds. The highest BCUT2D eigenvalue weighted by atomic mass is 14.3. The Morgan fingerprint density at radius 3 is 1.57 bits per heavy atom. The van der Waals surface area contributed by atoms with E-state index >= 15 is 0 Å². The molecule has 0 saturated heterocycles. The van der Waals surface area contributed by atoms with Crippen LogP contribution in [0.4, 0.5) is 0 Å². The fraction of sp³-hybridized carbons (Fsp3) is 0.158. The van der Waals surface area contributed by atoms with Gasteiger partial charge in [-0.25, -0.2) is 0 Å². The van der Waals surface area contributed by atoms with E-state index < -0.39 is 0 Å². The van der Waals surface area contributed by atoms with Gasteiger partial charge in [0.15, 0.2) is 0 Å². The van der Waals surface area contributed by atoms with E-state index in [1.165, 1.54) is 11.1 Å². The zero-order valence-corrected chi connectivity index (χ0v) is 11.6. The van der Waals surface area contributed by atoms with Crippen molar-refractivity contribution >= 4 is 11.1 Å². The molecule has 100 valence electrons. The summed E-state index contributed by atoms with van der Waals surface area (Å²) in [5, 5.41) is 18.4. The van der Waals surface area contributed by atoms with Crippen LogP contribution in [0.15, 0.2) is 48.5 Å². The molecule has 2 nitrogen and oxygen atoms in total. The maximum Gasteiger partial charge on any atom is 0.0670 e. The molecule has 1 aliphatic rings. The third-order valence-electron chi connectivity index (χ3n) is 3.94. The molecular formula is C19H14N2. The van der Waals surface area contributed by atoms with E-state index in [-0.39, 0.29) is 0 Å². The van der Waals surface area contributed by atoms with E-state index in [4.69, 9.17) is 0 Å². The zero-order valence-electron chi connectivity index (χ0n) is 11.6. The molecule has 2 aromatic rings. The first-order valence-electron chi connectivity index (χ1n) is 6.97. The van der Waals surface area contributed by atoms with Crippen molar-refractivity contribution in [1.82, 2.24) is 0 Å². The summed E-state index contributed by atoms with van der Waals surface area (Å²) >= 11 is 0. The predicted molar refractivity (Wildman–Crippen MR) is 83.0 cm³/mol. The largest absolute Gasteiger partial charge is 0.198 e. The molecule has 0 heterocycles. The Morgan fingerprint density at radius 2 is 1.14 bits per heavy atom. The first kappa shape index (κ1) is 13.2. The van der Waals surface area contributed by atoms with Crippen LogP contribution < -0.4 is 0 Å². The molecule has 1 aliphatic carbocycles. The van der Waals surface area contributed by atoms with Crippen LogP contribution in [0, 0.1) is 22.7 Å². The second kappa shape index (κ2) is 5.65. The van der Waals surface area contributed by atoms with E-state index in [0.29, 0.717) is 12.8 Å². The van der Waals surface area contributed by atoms with Crippen molar-refractivity contribution in [1.29, 1.82) is 10.5 Å². The zero-order chi connectivity index (χ0) is 14.7. The number of fused-ring (bicyclic) bond motifs is 2. The van der Waals surface area contributed by atoms with Gasteiger partial charge in [-0.15, -0.1) is 0 Å². The summed E-state index contributed by atoms with van der Waals surface area (Å²) in [5.41, 5.74) is 6.67. The molecule has 3 rings (SSSR count). The van der Waals surface area contributed by atoms with Gasteiger partial charge in [0.2, 0.25) is 0 Å². The van der Waals surface area contributed by atoms with Crippen molar-refractivity contribution in [3.8, 4) is 12.1 Å². The highest BCUT2D eigenvalue weighted by Crippen LogP contribution is 2.38. The van der Waals surface area contributed by atoms with Crippen LogP contribution in [-0.2, 0) is 6.42 Å². The van der Waals surface area contributed by atoms with Gasteiger partial charge in [0.25, 0.3) is 0 Å². The summed E-state index contributed by atoms with van der Waals surface area (Å²) in [4.78, 5) is 0. The maximum absolute atomic E-state index is 9.20. The van der Waals surface area contributed by atoms with Gasteiger partial charge in [-0.3, -0.25) is 0 Å². The minimum absolute atomic E-state index is 0.336. The molecular weight excluding hydrogens is 256 g/mol. The van der Waals surface area contributed by atoms with Crippen LogP contribution >= 0.6 is 0 Å². The summed E-state index contributed by atoms with van der Waals surface area (Å²) in [6.07, 6.45) is 1.51. The normalized spacial score (nSPS) is 12.7. The minimum atomic E-state index is 0.336. The average Bonchev–Trinajstić information content (AvgIpc) is 2.64. The van der Waals surface area contributed by atoms with E-state index in [2.05, 4.69) is 36.4 Å². The summed E-state index contributed by atoms with van der Waals surface area (Å²) in [6, 6.07) is 20.9. The van der Waals surface area contributed by atoms with Crippen molar-refractivity contribution in [2.75, 3.05) is 0 Å². The molecule has 0 aliphatic heterocycles. The number of hydrogen-bond acceptors (Lipinski definition) is 2. The Balaban J connectivity index is 2.35. The van der Waals surface area contributed by atoms with Crippen LogP contribution in [0.3, 0.4) is 0 Å². The first-order valence-corrected chi connectivity index (χ1v) is 6.97. The van der Waals surface area contributed by atoms with Gasteiger partial charge in [0.1, 0.15) is 0 Å². The summed E-state index contributed by atoms with van der Waals surface area (Å²) in [5.74, 6) is 0. The molecule has 0 N–H and O–H groups in total. The van der Waals surface area contributed by atoms with E-state index in [0.717, 1.165) is 28.7 Å². The van der Waals surface area contributed by atoms with Gasteiger partial charge >= 0.3 is 0 Å². The van der Waals surface area contributed by atoms with Crippen molar-refractivity contribution in [2.45, 2.75) is 19.3 Å². The van der Waals surface area contributed by atoms with Crippen LogP contribution in [0.1, 0.15) is 35.1 Å². The van der Waals surface area contributed by atoms with Gasteiger partial charge < -0.3 is 0 Å². The summed E-state index contributed by atoms with van der Waals surface area (Å²) in [6.45, 7) is 0. The lowest BCUT2D eigenvalue weighted by molar-refractivity contribution is 1.17. The predicted octanol–water partition coefficient (Wildman–Crippen LogP) is 4.33. The first-order chi connectivity index (χ1) is 10.3. The van der Waals surface area contributed by atoms with Gasteiger partial charge in [-0.2, -0.15) is 10.5 Å². The fourth-order valence-corrected chi connectivity index (χ4v) is 3.03. The molecule has 2 heteroatoms. The Hall–Kier alpha value is -2.84. The molecule has 0 saturated carbocycles. The highest BCUT2D eigenvalue weighted by Gasteiger charge is 2.20. The lowest BCUT2D eigenvalue weighted by Crippen LogP contribution is -1.92. The molecule has 0 radical (unpaired) electrons. The van der Waals surface area contributed by atoms with Crippen molar-refractivity contribution in [2.24, 2.45) is 0 Å². The molecule has 0 bridgehead atoms. The molecule has 0 unspecified atom stereocenters. The third-order valence-corrected chi connectivity index (χ3v) is 3.94. The second-order valence-corrected chi connectivity index (χ2v) is 5.12. The lowest BCUT2D eigenvalue weighted by atomic mass is 9.91. The van der Waals surface area contributed by atoms with Gasteiger partial charge in [0, 0.05) is 0 Å². The smallest absolute Gasteiger partial charge is 0.0670 e. The third kappa shape index (κ3) is 2.33. The number of benzene rings is 2. The standard InChI is InChI=1S/C19H14N2/c20-11-9-18-16-7-3-1-5-14(16)13-15-6-2-4-8-17(15)19(18)10-12-21/h1-8H,9-10,13H2. The van der Waals surface area contributed by atoms with E-state index in [1.807, 2.05) is 24.3 Å².